The van der Waals surface area contributed by atoms with Gasteiger partial charge in [-0.05, 0) is 23.8 Å². The quantitative estimate of drug-likeness (QED) is 0.916. The van der Waals surface area contributed by atoms with Gasteiger partial charge in [0.15, 0.2) is 0 Å². The van der Waals surface area contributed by atoms with Gasteiger partial charge in [0.05, 0.1) is 12.3 Å². The zero-order valence-corrected chi connectivity index (χ0v) is 10.6. The lowest BCUT2D eigenvalue weighted by Crippen LogP contribution is -2.19. The minimum atomic E-state index is -0.379. The Morgan fingerprint density at radius 2 is 1.74 bits per heavy atom. The molecule has 0 aliphatic heterocycles. The van der Waals surface area contributed by atoms with E-state index in [1.54, 1.807) is 36.2 Å². The molecule has 0 saturated carbocycles. The van der Waals surface area contributed by atoms with Crippen molar-refractivity contribution in [2.24, 2.45) is 0 Å². The van der Waals surface area contributed by atoms with Crippen LogP contribution in [0.25, 0.3) is 0 Å². The van der Waals surface area contributed by atoms with E-state index in [1.165, 1.54) is 18.2 Å². The highest BCUT2D eigenvalue weighted by Crippen LogP contribution is 2.25. The Morgan fingerprint density at radius 3 is 2.37 bits per heavy atom. The first kappa shape index (κ1) is 13.5. The van der Waals surface area contributed by atoms with Crippen LogP contribution in [0, 0.1) is 11.6 Å². The van der Waals surface area contributed by atoms with Crippen LogP contribution in [-0.2, 0) is 13.2 Å². The Kier molecular flexibility index (Phi) is 4.12. The average Bonchev–Trinajstić information content (AvgIpc) is 2.40. The summed E-state index contributed by atoms with van der Waals surface area (Å²) in [6.07, 6.45) is 0. The van der Waals surface area contributed by atoms with Gasteiger partial charge < -0.3 is 10.0 Å². The van der Waals surface area contributed by atoms with Gasteiger partial charge in [0, 0.05) is 19.2 Å². The van der Waals surface area contributed by atoms with E-state index in [4.69, 9.17) is 0 Å². The standard InChI is InChI=1S/C15H15F2NO/c1-18(9-11-5-7-13(16)8-6-11)15-12(10-19)3-2-4-14(15)17/h2-8,19H,9-10H2,1H3. The van der Waals surface area contributed by atoms with E-state index in [1.807, 2.05) is 0 Å². The lowest BCUT2D eigenvalue weighted by molar-refractivity contribution is 0.281. The van der Waals surface area contributed by atoms with Crippen LogP contribution in [0.4, 0.5) is 14.5 Å². The monoisotopic (exact) mass is 263 g/mol. The molecule has 100 valence electrons. The van der Waals surface area contributed by atoms with Crippen LogP contribution in [0.5, 0.6) is 0 Å². The summed E-state index contributed by atoms with van der Waals surface area (Å²) in [6, 6.07) is 10.7. The Morgan fingerprint density at radius 1 is 1.05 bits per heavy atom. The number of aliphatic hydroxyl groups excluding tert-OH is 1. The fourth-order valence-electron chi connectivity index (χ4n) is 2.06. The summed E-state index contributed by atoms with van der Waals surface area (Å²) in [5.41, 5.74) is 1.77. The predicted octanol–water partition coefficient (Wildman–Crippen LogP) is 3.09. The molecule has 0 radical (unpaired) electrons. The van der Waals surface area contributed by atoms with Gasteiger partial charge in [-0.2, -0.15) is 0 Å². The molecule has 19 heavy (non-hydrogen) atoms. The van der Waals surface area contributed by atoms with Crippen molar-refractivity contribution in [1.29, 1.82) is 0 Å². The Hall–Kier alpha value is -1.94. The fraction of sp³-hybridized carbons (Fsp3) is 0.200. The predicted molar refractivity (Wildman–Crippen MR) is 70.8 cm³/mol. The summed E-state index contributed by atoms with van der Waals surface area (Å²) in [6.45, 7) is 0.217. The number of aliphatic hydroxyl groups is 1. The smallest absolute Gasteiger partial charge is 0.146 e. The molecule has 2 aromatic rings. The molecule has 2 aromatic carbocycles. The number of para-hydroxylation sites is 1. The van der Waals surface area contributed by atoms with E-state index in [9.17, 15) is 13.9 Å². The number of nitrogens with zero attached hydrogens (tertiary/aromatic N) is 1. The lowest BCUT2D eigenvalue weighted by atomic mass is 10.1. The van der Waals surface area contributed by atoms with Crippen LogP contribution in [0.2, 0.25) is 0 Å². The van der Waals surface area contributed by atoms with E-state index < -0.39 is 0 Å². The maximum Gasteiger partial charge on any atom is 0.146 e. The van der Waals surface area contributed by atoms with Gasteiger partial charge in [-0.15, -0.1) is 0 Å². The number of hydrogen-bond acceptors (Lipinski definition) is 2. The van der Waals surface area contributed by atoms with Crippen molar-refractivity contribution >= 4 is 5.69 Å². The second kappa shape index (κ2) is 5.80. The van der Waals surface area contributed by atoms with Crippen LogP contribution >= 0.6 is 0 Å². The summed E-state index contributed by atoms with van der Waals surface area (Å²) in [4.78, 5) is 1.70. The highest BCUT2D eigenvalue weighted by molar-refractivity contribution is 5.54. The van der Waals surface area contributed by atoms with E-state index in [0.29, 0.717) is 17.8 Å². The largest absolute Gasteiger partial charge is 0.392 e. The molecule has 0 fully saturated rings. The second-order valence-electron chi connectivity index (χ2n) is 4.39. The zero-order valence-electron chi connectivity index (χ0n) is 10.6. The van der Waals surface area contributed by atoms with Gasteiger partial charge in [0.25, 0.3) is 0 Å². The van der Waals surface area contributed by atoms with Crippen LogP contribution in [0.15, 0.2) is 42.5 Å². The molecule has 0 unspecified atom stereocenters. The van der Waals surface area contributed by atoms with Gasteiger partial charge in [0.1, 0.15) is 11.6 Å². The third-order valence-corrected chi connectivity index (χ3v) is 2.96. The third-order valence-electron chi connectivity index (χ3n) is 2.96. The first-order valence-electron chi connectivity index (χ1n) is 5.95. The Bertz CT molecular complexity index is 555. The Labute approximate surface area is 110 Å². The molecule has 2 rings (SSSR count). The van der Waals surface area contributed by atoms with Crippen LogP contribution in [0.3, 0.4) is 0 Å². The van der Waals surface area contributed by atoms with E-state index in [-0.39, 0.29) is 18.2 Å². The van der Waals surface area contributed by atoms with Crippen LogP contribution in [-0.4, -0.2) is 12.2 Å². The molecule has 0 bridgehead atoms. The molecule has 0 amide bonds. The molecule has 0 saturated heterocycles. The van der Waals surface area contributed by atoms with Crippen molar-refractivity contribution in [1.82, 2.24) is 0 Å². The molecule has 0 atom stereocenters. The van der Waals surface area contributed by atoms with Crippen molar-refractivity contribution in [2.75, 3.05) is 11.9 Å². The van der Waals surface area contributed by atoms with Crippen LogP contribution < -0.4 is 4.90 Å². The van der Waals surface area contributed by atoms with E-state index >= 15 is 0 Å². The molecular formula is C15H15F2NO. The molecule has 0 aliphatic carbocycles. The number of benzene rings is 2. The SMILES string of the molecule is CN(Cc1ccc(F)cc1)c1c(F)cccc1CO. The minimum absolute atomic E-state index is 0.221. The van der Waals surface area contributed by atoms with Crippen LogP contribution in [0.1, 0.15) is 11.1 Å². The maximum absolute atomic E-state index is 13.8. The van der Waals surface area contributed by atoms with E-state index in [2.05, 4.69) is 0 Å². The Balaban J connectivity index is 2.24. The van der Waals surface area contributed by atoms with Crippen molar-refractivity contribution in [3.05, 3.63) is 65.2 Å². The zero-order chi connectivity index (χ0) is 13.8. The third kappa shape index (κ3) is 3.09. The van der Waals surface area contributed by atoms with Crippen molar-refractivity contribution in [3.63, 3.8) is 0 Å². The lowest BCUT2D eigenvalue weighted by Gasteiger charge is -2.22. The first-order valence-corrected chi connectivity index (χ1v) is 5.95. The number of halogens is 2. The molecule has 2 nitrogen and oxygen atoms in total. The summed E-state index contributed by atoms with van der Waals surface area (Å²) < 4.78 is 26.7. The maximum atomic E-state index is 13.8. The van der Waals surface area contributed by atoms with Gasteiger partial charge >= 0.3 is 0 Å². The minimum Gasteiger partial charge on any atom is -0.392 e. The molecule has 0 aliphatic rings. The summed E-state index contributed by atoms with van der Waals surface area (Å²) in [5.74, 6) is -0.676. The molecule has 0 heterocycles. The topological polar surface area (TPSA) is 23.5 Å². The van der Waals surface area contributed by atoms with Crippen molar-refractivity contribution in [2.45, 2.75) is 13.2 Å². The highest BCUT2D eigenvalue weighted by Gasteiger charge is 2.12. The number of anilines is 1. The van der Waals surface area contributed by atoms with Gasteiger partial charge in [-0.1, -0.05) is 24.3 Å². The van der Waals surface area contributed by atoms with Gasteiger partial charge in [0.2, 0.25) is 0 Å². The highest BCUT2D eigenvalue weighted by atomic mass is 19.1. The number of hydrogen-bond donors (Lipinski definition) is 1. The second-order valence-corrected chi connectivity index (χ2v) is 4.39. The van der Waals surface area contributed by atoms with Gasteiger partial charge in [-0.25, -0.2) is 8.78 Å². The summed E-state index contributed by atoms with van der Waals surface area (Å²) >= 11 is 0. The normalized spacial score (nSPS) is 10.5. The first-order chi connectivity index (χ1) is 9.11. The average molecular weight is 263 g/mol. The molecule has 4 heteroatoms. The molecule has 0 spiro atoms. The molecule has 0 aromatic heterocycles. The molecule has 1 N–H and O–H groups in total. The fourth-order valence-corrected chi connectivity index (χ4v) is 2.06. The number of rotatable bonds is 4. The van der Waals surface area contributed by atoms with Crippen molar-refractivity contribution in [3.8, 4) is 0 Å². The summed E-state index contributed by atoms with van der Waals surface area (Å²) in [5, 5.41) is 9.25. The van der Waals surface area contributed by atoms with Crippen molar-refractivity contribution < 1.29 is 13.9 Å². The van der Waals surface area contributed by atoms with E-state index in [0.717, 1.165) is 5.56 Å². The summed E-state index contributed by atoms with van der Waals surface area (Å²) in [7, 11) is 1.74. The van der Waals surface area contributed by atoms with Gasteiger partial charge in [-0.3, -0.25) is 0 Å². The molecular weight excluding hydrogens is 248 g/mol.